The summed E-state index contributed by atoms with van der Waals surface area (Å²) >= 11 is 0. The summed E-state index contributed by atoms with van der Waals surface area (Å²) in [6.45, 7) is 2.42. The highest BCUT2D eigenvalue weighted by atomic mass is 35.7. The third kappa shape index (κ3) is 3.01. The second-order valence-corrected chi connectivity index (χ2v) is 6.60. The van der Waals surface area contributed by atoms with Crippen LogP contribution in [-0.2, 0) is 18.5 Å². The van der Waals surface area contributed by atoms with Gasteiger partial charge in [-0.15, -0.1) is 0 Å². The van der Waals surface area contributed by atoms with Gasteiger partial charge in [-0.1, -0.05) is 0 Å². The van der Waals surface area contributed by atoms with Gasteiger partial charge in [0.1, 0.15) is 6.10 Å². The van der Waals surface area contributed by atoms with Crippen LogP contribution in [0.1, 0.15) is 15.9 Å². The molecule has 0 spiro atoms. The number of carbonyl (C=O) groups is 1. The Labute approximate surface area is 109 Å². The van der Waals surface area contributed by atoms with Crippen molar-refractivity contribution < 1.29 is 22.7 Å². The number of esters is 1. The quantitative estimate of drug-likeness (QED) is 0.623. The highest BCUT2D eigenvalue weighted by Gasteiger charge is 2.24. The van der Waals surface area contributed by atoms with Gasteiger partial charge in [-0.25, -0.2) is 13.2 Å². The molecule has 98 valence electrons. The lowest BCUT2D eigenvalue weighted by atomic mass is 10.1. The topological polar surface area (TPSA) is 69.7 Å². The normalized spacial score (nSPS) is 16.1. The summed E-state index contributed by atoms with van der Waals surface area (Å²) in [7, 11) is 1.39. The van der Waals surface area contributed by atoms with E-state index in [1.54, 1.807) is 13.0 Å². The third-order valence-electron chi connectivity index (χ3n) is 2.45. The van der Waals surface area contributed by atoms with Crippen LogP contribution >= 0.6 is 10.7 Å². The molecule has 0 unspecified atom stereocenters. The number of hydrogen-bond donors (Lipinski definition) is 0. The zero-order chi connectivity index (χ0) is 13.3. The maximum Gasteiger partial charge on any atom is 0.338 e. The summed E-state index contributed by atoms with van der Waals surface area (Å²) in [6, 6.07) is 4.15. The van der Waals surface area contributed by atoms with Crippen LogP contribution in [0.3, 0.4) is 0 Å². The minimum atomic E-state index is -3.86. The van der Waals surface area contributed by atoms with Crippen molar-refractivity contribution in [3.8, 4) is 0 Å². The van der Waals surface area contributed by atoms with Crippen LogP contribution in [0.2, 0.25) is 0 Å². The van der Waals surface area contributed by atoms with Gasteiger partial charge in [0.15, 0.2) is 0 Å². The number of benzene rings is 1. The number of rotatable bonds is 3. The standard InChI is InChI=1S/C11H11ClO5S/c1-7-2-8(4-10(3-7)18(12,14)15)11(13)17-9-5-16-6-9/h2-4,9H,5-6H2,1H3. The Morgan fingerprint density at radius 2 is 2.06 bits per heavy atom. The second kappa shape index (κ2) is 4.87. The maximum atomic E-state index is 11.8. The van der Waals surface area contributed by atoms with E-state index in [-0.39, 0.29) is 16.6 Å². The molecule has 1 aromatic rings. The van der Waals surface area contributed by atoms with Crippen LogP contribution in [0, 0.1) is 6.92 Å². The van der Waals surface area contributed by atoms with Crippen molar-refractivity contribution in [2.75, 3.05) is 13.2 Å². The Hall–Kier alpha value is -1.11. The van der Waals surface area contributed by atoms with E-state index < -0.39 is 15.0 Å². The molecule has 5 nitrogen and oxygen atoms in total. The minimum absolute atomic E-state index is 0.110. The molecule has 0 aliphatic carbocycles. The number of halogens is 1. The summed E-state index contributed by atoms with van der Waals surface area (Å²) in [5.41, 5.74) is 0.787. The number of aryl methyl sites for hydroxylation is 1. The van der Waals surface area contributed by atoms with Crippen molar-refractivity contribution in [3.05, 3.63) is 29.3 Å². The summed E-state index contributed by atoms with van der Waals surface area (Å²) in [5, 5.41) is 0. The summed E-state index contributed by atoms with van der Waals surface area (Å²) in [6.07, 6.45) is -0.255. The fourth-order valence-corrected chi connectivity index (χ4v) is 2.37. The molecule has 2 rings (SSSR count). The van der Waals surface area contributed by atoms with Crippen LogP contribution in [0.25, 0.3) is 0 Å². The van der Waals surface area contributed by atoms with Crippen LogP contribution in [-0.4, -0.2) is 33.7 Å². The SMILES string of the molecule is Cc1cc(C(=O)OC2COC2)cc(S(=O)(=O)Cl)c1. The smallest absolute Gasteiger partial charge is 0.338 e. The minimum Gasteiger partial charge on any atom is -0.454 e. The summed E-state index contributed by atoms with van der Waals surface area (Å²) in [4.78, 5) is 11.7. The molecule has 0 radical (unpaired) electrons. The molecule has 7 heteroatoms. The molecule has 18 heavy (non-hydrogen) atoms. The third-order valence-corrected chi connectivity index (χ3v) is 3.78. The zero-order valence-corrected chi connectivity index (χ0v) is 11.1. The van der Waals surface area contributed by atoms with Gasteiger partial charge in [-0.3, -0.25) is 0 Å². The summed E-state index contributed by atoms with van der Waals surface area (Å²) < 4.78 is 32.5. The molecule has 0 aromatic heterocycles. The average Bonchev–Trinajstić information content (AvgIpc) is 2.21. The zero-order valence-electron chi connectivity index (χ0n) is 9.55. The molecule has 1 fully saturated rings. The number of hydrogen-bond acceptors (Lipinski definition) is 5. The van der Waals surface area contributed by atoms with Crippen molar-refractivity contribution >= 4 is 25.7 Å². The van der Waals surface area contributed by atoms with Crippen molar-refractivity contribution in [2.45, 2.75) is 17.9 Å². The average molecular weight is 291 g/mol. The monoisotopic (exact) mass is 290 g/mol. The molecule has 0 atom stereocenters. The first kappa shape index (κ1) is 13.3. The summed E-state index contributed by atoms with van der Waals surface area (Å²) in [5.74, 6) is -0.575. The lowest BCUT2D eigenvalue weighted by molar-refractivity contribution is -0.103. The molecule has 1 saturated heterocycles. The van der Waals surface area contributed by atoms with Crippen LogP contribution in [0.4, 0.5) is 0 Å². The van der Waals surface area contributed by atoms with E-state index in [0.29, 0.717) is 18.8 Å². The Morgan fingerprint density at radius 1 is 1.39 bits per heavy atom. The maximum absolute atomic E-state index is 11.8. The number of ether oxygens (including phenoxy) is 2. The fourth-order valence-electron chi connectivity index (χ4n) is 1.51. The van der Waals surface area contributed by atoms with Crippen LogP contribution in [0.15, 0.2) is 23.1 Å². The van der Waals surface area contributed by atoms with E-state index in [0.717, 1.165) is 0 Å². The molecular weight excluding hydrogens is 280 g/mol. The molecule has 0 N–H and O–H groups in total. The van der Waals surface area contributed by atoms with E-state index in [2.05, 4.69) is 0 Å². The van der Waals surface area contributed by atoms with Gasteiger partial charge in [0, 0.05) is 10.7 Å². The molecule has 1 heterocycles. The van der Waals surface area contributed by atoms with Gasteiger partial charge in [0.2, 0.25) is 0 Å². The largest absolute Gasteiger partial charge is 0.454 e. The first-order valence-electron chi connectivity index (χ1n) is 5.21. The van der Waals surface area contributed by atoms with Gasteiger partial charge in [0.25, 0.3) is 9.05 Å². The van der Waals surface area contributed by atoms with Gasteiger partial charge in [0.05, 0.1) is 23.7 Å². The molecular formula is C11H11ClO5S. The number of carbonyl (C=O) groups excluding carboxylic acids is 1. The van der Waals surface area contributed by atoms with E-state index >= 15 is 0 Å². The van der Waals surface area contributed by atoms with Crippen molar-refractivity contribution in [1.82, 2.24) is 0 Å². The molecule has 1 aliphatic heterocycles. The second-order valence-electron chi connectivity index (χ2n) is 4.04. The Bertz CT molecular complexity index is 577. The van der Waals surface area contributed by atoms with Crippen molar-refractivity contribution in [3.63, 3.8) is 0 Å². The first-order valence-corrected chi connectivity index (χ1v) is 7.52. The van der Waals surface area contributed by atoms with Crippen molar-refractivity contribution in [2.24, 2.45) is 0 Å². The van der Waals surface area contributed by atoms with E-state index in [9.17, 15) is 13.2 Å². The predicted octanol–water partition coefficient (Wildman–Crippen LogP) is 1.48. The predicted molar refractivity (Wildman–Crippen MR) is 64.2 cm³/mol. The molecule has 0 bridgehead atoms. The molecule has 0 saturated carbocycles. The van der Waals surface area contributed by atoms with Gasteiger partial charge < -0.3 is 9.47 Å². The highest BCUT2D eigenvalue weighted by Crippen LogP contribution is 2.20. The molecule has 0 amide bonds. The van der Waals surface area contributed by atoms with Crippen molar-refractivity contribution in [1.29, 1.82) is 0 Å². The lowest BCUT2D eigenvalue weighted by Crippen LogP contribution is -2.37. The Morgan fingerprint density at radius 3 is 2.56 bits per heavy atom. The van der Waals surface area contributed by atoms with Gasteiger partial charge >= 0.3 is 5.97 Å². The van der Waals surface area contributed by atoms with E-state index in [1.165, 1.54) is 12.1 Å². The highest BCUT2D eigenvalue weighted by molar-refractivity contribution is 8.13. The van der Waals surface area contributed by atoms with Gasteiger partial charge in [-0.05, 0) is 30.7 Å². The van der Waals surface area contributed by atoms with E-state index in [1.807, 2.05) is 0 Å². The molecule has 1 aliphatic rings. The van der Waals surface area contributed by atoms with Crippen LogP contribution in [0.5, 0.6) is 0 Å². The van der Waals surface area contributed by atoms with Crippen LogP contribution < -0.4 is 0 Å². The van der Waals surface area contributed by atoms with E-state index in [4.69, 9.17) is 20.2 Å². The first-order chi connectivity index (χ1) is 8.36. The Kier molecular flexibility index (Phi) is 3.61. The fraction of sp³-hybridized carbons (Fsp3) is 0.364. The lowest BCUT2D eigenvalue weighted by Gasteiger charge is -2.25. The Balaban J connectivity index is 2.27. The molecule has 1 aromatic carbocycles. The van der Waals surface area contributed by atoms with Gasteiger partial charge in [-0.2, -0.15) is 0 Å².